The van der Waals surface area contributed by atoms with Crippen molar-refractivity contribution < 1.29 is 9.84 Å². The van der Waals surface area contributed by atoms with Crippen molar-refractivity contribution in [3.8, 4) is 5.75 Å². The van der Waals surface area contributed by atoms with Crippen LogP contribution in [0.1, 0.15) is 31.2 Å². The number of hydrogen-bond donors (Lipinski definition) is 1. The molecule has 2 nitrogen and oxygen atoms in total. The number of ether oxygens (including phenoxy) is 1. The summed E-state index contributed by atoms with van der Waals surface area (Å²) in [5.74, 6) is 2.68. The van der Waals surface area contributed by atoms with Gasteiger partial charge in [-0.05, 0) is 50.2 Å². The molecule has 4 unspecified atom stereocenters. The highest BCUT2D eigenvalue weighted by Gasteiger charge is 2.43. The Balaban J connectivity index is 1.63. The smallest absolute Gasteiger partial charge is 0.200 e. The van der Waals surface area contributed by atoms with Crippen molar-refractivity contribution in [2.45, 2.75) is 38.9 Å². The normalized spacial score (nSPS) is 32.7. The molecular weight excluding hydrogens is 212 g/mol. The number of aliphatic hydroxyl groups excluding tert-OH is 1. The van der Waals surface area contributed by atoms with Gasteiger partial charge in [0.1, 0.15) is 5.75 Å². The summed E-state index contributed by atoms with van der Waals surface area (Å²) in [5, 5.41) is 10.2. The molecule has 1 aromatic rings. The summed E-state index contributed by atoms with van der Waals surface area (Å²) in [4.78, 5) is 0. The maximum absolute atomic E-state index is 10.2. The van der Waals surface area contributed by atoms with Crippen LogP contribution in [-0.4, -0.2) is 11.4 Å². The summed E-state index contributed by atoms with van der Waals surface area (Å²) in [6.07, 6.45) is 4.48. The summed E-state index contributed by atoms with van der Waals surface area (Å²) in [6, 6.07) is 7.91. The van der Waals surface area contributed by atoms with Crippen molar-refractivity contribution in [2.75, 3.05) is 0 Å². The van der Waals surface area contributed by atoms with Gasteiger partial charge >= 0.3 is 0 Å². The topological polar surface area (TPSA) is 29.5 Å². The molecular formula is C15H20O2. The quantitative estimate of drug-likeness (QED) is 0.811. The van der Waals surface area contributed by atoms with E-state index in [0.29, 0.717) is 11.8 Å². The fourth-order valence-electron chi connectivity index (χ4n) is 3.49. The molecule has 0 spiro atoms. The van der Waals surface area contributed by atoms with Crippen LogP contribution in [0.4, 0.5) is 0 Å². The zero-order valence-electron chi connectivity index (χ0n) is 10.3. The van der Waals surface area contributed by atoms with Crippen molar-refractivity contribution in [3.63, 3.8) is 0 Å². The molecule has 0 heterocycles. The average Bonchev–Trinajstić information content (AvgIpc) is 2.94. The maximum Gasteiger partial charge on any atom is 0.200 e. The van der Waals surface area contributed by atoms with Gasteiger partial charge < -0.3 is 9.84 Å². The zero-order chi connectivity index (χ0) is 11.8. The first-order valence-electron chi connectivity index (χ1n) is 6.64. The van der Waals surface area contributed by atoms with Gasteiger partial charge in [0.25, 0.3) is 0 Å². The lowest BCUT2D eigenvalue weighted by Crippen LogP contribution is -2.30. The van der Waals surface area contributed by atoms with Gasteiger partial charge in [0.2, 0.25) is 0 Å². The first-order chi connectivity index (χ1) is 8.22. The molecule has 0 saturated heterocycles. The fraction of sp³-hybridized carbons (Fsp3) is 0.600. The Bertz CT molecular complexity index is 384. The highest BCUT2D eigenvalue weighted by atomic mass is 16.6. The van der Waals surface area contributed by atoms with E-state index in [4.69, 9.17) is 4.74 Å². The molecule has 1 aromatic carbocycles. The molecule has 0 aliphatic heterocycles. The van der Waals surface area contributed by atoms with Gasteiger partial charge in [-0.15, -0.1) is 0 Å². The molecule has 2 saturated carbocycles. The van der Waals surface area contributed by atoms with E-state index >= 15 is 0 Å². The third-order valence-corrected chi connectivity index (χ3v) is 4.44. The summed E-state index contributed by atoms with van der Waals surface area (Å²) in [5.41, 5.74) is 1.21. The molecule has 2 aliphatic carbocycles. The Morgan fingerprint density at radius 2 is 1.94 bits per heavy atom. The largest absolute Gasteiger partial charge is 0.465 e. The molecule has 0 aromatic heterocycles. The molecule has 3 rings (SSSR count). The lowest BCUT2D eigenvalue weighted by Gasteiger charge is -2.27. The third-order valence-electron chi connectivity index (χ3n) is 4.44. The van der Waals surface area contributed by atoms with Crippen LogP contribution >= 0.6 is 0 Å². The Morgan fingerprint density at radius 3 is 2.53 bits per heavy atom. The van der Waals surface area contributed by atoms with Gasteiger partial charge in [0.15, 0.2) is 6.29 Å². The van der Waals surface area contributed by atoms with Crippen LogP contribution in [-0.2, 0) is 0 Å². The van der Waals surface area contributed by atoms with Crippen molar-refractivity contribution in [1.82, 2.24) is 0 Å². The van der Waals surface area contributed by atoms with E-state index < -0.39 is 6.29 Å². The Labute approximate surface area is 103 Å². The van der Waals surface area contributed by atoms with Crippen LogP contribution in [0.2, 0.25) is 0 Å². The minimum Gasteiger partial charge on any atom is -0.465 e. The maximum atomic E-state index is 10.2. The number of hydrogen-bond acceptors (Lipinski definition) is 2. The summed E-state index contributed by atoms with van der Waals surface area (Å²) in [6.45, 7) is 2.05. The Morgan fingerprint density at radius 1 is 1.18 bits per heavy atom. The molecule has 0 amide bonds. The second kappa shape index (κ2) is 4.34. The number of aliphatic hydroxyl groups is 1. The average molecular weight is 232 g/mol. The van der Waals surface area contributed by atoms with E-state index in [-0.39, 0.29) is 0 Å². The lowest BCUT2D eigenvalue weighted by atomic mass is 9.88. The van der Waals surface area contributed by atoms with Crippen molar-refractivity contribution in [1.29, 1.82) is 0 Å². The molecule has 92 valence electrons. The van der Waals surface area contributed by atoms with Crippen molar-refractivity contribution in [3.05, 3.63) is 29.8 Å². The highest BCUT2D eigenvalue weighted by Crippen LogP contribution is 2.49. The van der Waals surface area contributed by atoms with Gasteiger partial charge in [-0.25, -0.2) is 0 Å². The number of fused-ring (bicyclic) bond motifs is 2. The minimum absolute atomic E-state index is 0.357. The second-order valence-corrected chi connectivity index (χ2v) is 5.66. The summed E-state index contributed by atoms with van der Waals surface area (Å²) >= 11 is 0. The van der Waals surface area contributed by atoms with Crippen molar-refractivity contribution in [2.24, 2.45) is 17.8 Å². The van der Waals surface area contributed by atoms with E-state index in [0.717, 1.165) is 18.1 Å². The Kier molecular flexibility index (Phi) is 2.83. The van der Waals surface area contributed by atoms with Crippen LogP contribution in [0, 0.1) is 24.7 Å². The van der Waals surface area contributed by atoms with Gasteiger partial charge in [0, 0.05) is 5.92 Å². The Hall–Kier alpha value is -1.02. The molecule has 2 heteroatoms. The minimum atomic E-state index is -0.618. The van der Waals surface area contributed by atoms with Crippen LogP contribution in [0.5, 0.6) is 5.75 Å². The van der Waals surface area contributed by atoms with E-state index in [2.05, 4.69) is 6.92 Å². The van der Waals surface area contributed by atoms with E-state index in [1.54, 1.807) is 0 Å². The number of rotatable bonds is 3. The van der Waals surface area contributed by atoms with E-state index in [1.165, 1.54) is 24.8 Å². The first-order valence-corrected chi connectivity index (χ1v) is 6.64. The van der Waals surface area contributed by atoms with Gasteiger partial charge in [-0.2, -0.15) is 0 Å². The monoisotopic (exact) mass is 232 g/mol. The molecule has 1 N–H and O–H groups in total. The fourth-order valence-corrected chi connectivity index (χ4v) is 3.49. The van der Waals surface area contributed by atoms with Crippen molar-refractivity contribution >= 4 is 0 Å². The van der Waals surface area contributed by atoms with Gasteiger partial charge in [-0.1, -0.05) is 24.1 Å². The molecule has 2 fully saturated rings. The zero-order valence-corrected chi connectivity index (χ0v) is 10.3. The highest BCUT2D eigenvalue weighted by molar-refractivity contribution is 5.26. The SMILES string of the molecule is Cc1ccc(OC(O)C2CC3CCC2C3)cc1. The predicted molar refractivity (Wildman–Crippen MR) is 66.8 cm³/mol. The van der Waals surface area contributed by atoms with E-state index in [9.17, 15) is 5.11 Å². The first kappa shape index (κ1) is 11.1. The standard InChI is InChI=1S/C15H20O2/c1-10-2-6-13(7-3-10)17-15(16)14-9-11-4-5-12(14)8-11/h2-3,6-7,11-12,14-16H,4-5,8-9H2,1H3. The van der Waals surface area contributed by atoms with Gasteiger partial charge in [0.05, 0.1) is 0 Å². The predicted octanol–water partition coefficient (Wildman–Crippen LogP) is 3.13. The van der Waals surface area contributed by atoms with Crippen LogP contribution < -0.4 is 4.74 Å². The molecule has 17 heavy (non-hydrogen) atoms. The molecule has 2 bridgehead atoms. The van der Waals surface area contributed by atoms with Crippen LogP contribution in [0.25, 0.3) is 0 Å². The summed E-state index contributed by atoms with van der Waals surface area (Å²) < 4.78 is 5.66. The van der Waals surface area contributed by atoms with Crippen LogP contribution in [0.3, 0.4) is 0 Å². The molecule has 4 atom stereocenters. The van der Waals surface area contributed by atoms with Gasteiger partial charge in [-0.3, -0.25) is 0 Å². The lowest BCUT2D eigenvalue weighted by molar-refractivity contribution is -0.0781. The molecule has 0 radical (unpaired) electrons. The summed E-state index contributed by atoms with van der Waals surface area (Å²) in [7, 11) is 0. The van der Waals surface area contributed by atoms with E-state index in [1.807, 2.05) is 24.3 Å². The number of benzene rings is 1. The number of aryl methyl sites for hydroxylation is 1. The molecule has 2 aliphatic rings. The van der Waals surface area contributed by atoms with Crippen LogP contribution in [0.15, 0.2) is 24.3 Å². The second-order valence-electron chi connectivity index (χ2n) is 5.66. The third kappa shape index (κ3) is 2.19.